The van der Waals surface area contributed by atoms with Gasteiger partial charge >= 0.3 is 0 Å². The van der Waals surface area contributed by atoms with Gasteiger partial charge in [0.05, 0.1) is 58.5 Å². The van der Waals surface area contributed by atoms with E-state index in [-0.39, 0.29) is 122 Å². The molecular formula is C54H34N2S. The molecule has 57 heavy (non-hydrogen) atoms. The van der Waals surface area contributed by atoms with E-state index in [2.05, 4.69) is 0 Å². The van der Waals surface area contributed by atoms with E-state index in [1.807, 2.05) is 42.5 Å². The van der Waals surface area contributed by atoms with Gasteiger partial charge in [-0.05, 0) is 87.9 Å². The lowest BCUT2D eigenvalue weighted by atomic mass is 9.98. The summed E-state index contributed by atoms with van der Waals surface area (Å²) in [6.07, 6.45) is 0. The molecule has 0 atom stereocenters. The van der Waals surface area contributed by atoms with Crippen molar-refractivity contribution in [3.8, 4) is 44.8 Å². The second-order valence-corrected chi connectivity index (χ2v) is 14.4. The van der Waals surface area contributed by atoms with Gasteiger partial charge in [-0.1, -0.05) is 151 Å². The smallest absolute Gasteiger partial charge is 0.0645 e. The fourth-order valence-corrected chi connectivity index (χ4v) is 9.07. The summed E-state index contributed by atoms with van der Waals surface area (Å²) < 4.78 is 177. The maximum atomic E-state index is 10.2. The largest absolute Gasteiger partial charge is 0.309 e. The molecular weight excluding hydrogens is 709 g/mol. The van der Waals surface area contributed by atoms with E-state index < -0.39 is 84.6 Å². The van der Waals surface area contributed by atoms with Gasteiger partial charge < -0.3 is 9.13 Å². The Balaban J connectivity index is 1.23. The Labute approximate surface area is 360 Å². The summed E-state index contributed by atoms with van der Waals surface area (Å²) in [5.41, 5.74) is 1.48. The molecule has 0 saturated heterocycles. The molecule has 0 amide bonds. The van der Waals surface area contributed by atoms with Gasteiger partial charge in [-0.15, -0.1) is 11.3 Å². The zero-order chi connectivity index (χ0) is 54.0. The molecule has 266 valence electrons. The molecule has 0 aliphatic heterocycles. The third kappa shape index (κ3) is 4.89. The maximum absolute atomic E-state index is 10.2. The number of aromatic nitrogens is 2. The van der Waals surface area contributed by atoms with Gasteiger partial charge in [-0.3, -0.25) is 0 Å². The molecule has 9 aromatic carbocycles. The second-order valence-electron chi connectivity index (χ2n) is 13.4. The maximum Gasteiger partial charge on any atom is 0.0645 e. The lowest BCUT2D eigenvalue weighted by Crippen LogP contribution is -1.94. The van der Waals surface area contributed by atoms with Crippen molar-refractivity contribution in [3.63, 3.8) is 0 Å². The van der Waals surface area contributed by atoms with Gasteiger partial charge in [-0.2, -0.15) is 0 Å². The zero-order valence-electron chi connectivity index (χ0n) is 48.5. The number of hydrogen-bond acceptors (Lipinski definition) is 1. The van der Waals surface area contributed by atoms with Crippen molar-refractivity contribution in [2.24, 2.45) is 0 Å². The highest BCUT2D eigenvalue weighted by Crippen LogP contribution is 2.45. The van der Waals surface area contributed by atoms with Crippen LogP contribution in [0.2, 0.25) is 0 Å². The highest BCUT2D eigenvalue weighted by atomic mass is 32.1. The molecule has 0 saturated carbocycles. The Morgan fingerprint density at radius 1 is 0.404 bits per heavy atom. The Kier molecular flexibility index (Phi) is 4.14. The third-order valence-electron chi connectivity index (χ3n) is 10.3. The van der Waals surface area contributed by atoms with E-state index in [1.54, 1.807) is 16.7 Å². The Bertz CT molecular complexity index is 4610. The van der Waals surface area contributed by atoms with E-state index >= 15 is 0 Å². The monoisotopic (exact) mass is 761 g/mol. The molecule has 0 aliphatic rings. The lowest BCUT2D eigenvalue weighted by Gasteiger charge is -2.11. The summed E-state index contributed by atoms with van der Waals surface area (Å²) in [5, 5.41) is 0.400. The minimum Gasteiger partial charge on any atom is -0.309 e. The minimum absolute atomic E-state index is 0.000372. The molecule has 0 radical (unpaired) electrons. The quantitative estimate of drug-likeness (QED) is 0.165. The number of rotatable bonds is 5. The van der Waals surface area contributed by atoms with Crippen LogP contribution in [0.25, 0.3) is 109 Å². The fraction of sp³-hybridized carbons (Fsp3) is 0. The van der Waals surface area contributed by atoms with E-state index in [0.29, 0.717) is 5.69 Å². The molecule has 12 aromatic rings. The standard InChI is InChI=1S/C54H34N2S/c1-3-15-35(16-4-1)37-19-11-20-39(33-37)55-47-27-10-8-22-43(47)52-41(23-12-28-49(52)55)38-31-32-48-45(34-38)42-21-7-9-26-46(42)56(48)50-29-13-25-44-53-40(36-17-5-2-6-18-36)24-14-30-51(53)57-54(44)50/h1-34H/i5D,6D,7D,8D,9D,10D,12D,13D,14D,17D,18D,21D,24D,27D,28D,30D,31D,32D,34D. The van der Waals surface area contributed by atoms with Crippen LogP contribution >= 0.6 is 11.3 Å². The van der Waals surface area contributed by atoms with Crippen molar-refractivity contribution in [3.05, 3.63) is 206 Å². The van der Waals surface area contributed by atoms with E-state index in [4.69, 9.17) is 15.1 Å². The molecule has 3 heterocycles. The Morgan fingerprint density at radius 2 is 1.23 bits per heavy atom. The zero-order valence-corrected chi connectivity index (χ0v) is 30.3. The first-order chi connectivity index (χ1) is 36.1. The fourth-order valence-electron chi connectivity index (χ4n) is 7.92. The first-order valence-corrected chi connectivity index (χ1v) is 18.8. The van der Waals surface area contributed by atoms with Crippen molar-refractivity contribution in [2.45, 2.75) is 0 Å². The highest BCUT2D eigenvalue weighted by Gasteiger charge is 2.20. The van der Waals surface area contributed by atoms with Crippen molar-refractivity contribution < 1.29 is 26.0 Å². The number of nitrogens with zero attached hydrogens (tertiary/aromatic N) is 2. The third-order valence-corrected chi connectivity index (χ3v) is 11.5. The Morgan fingerprint density at radius 3 is 2.16 bits per heavy atom. The Hall–Kier alpha value is -7.20. The minimum atomic E-state index is -0.569. The van der Waals surface area contributed by atoms with Gasteiger partial charge in [0, 0.05) is 42.7 Å². The molecule has 0 N–H and O–H groups in total. The van der Waals surface area contributed by atoms with Crippen molar-refractivity contribution in [1.29, 1.82) is 0 Å². The molecule has 0 fully saturated rings. The van der Waals surface area contributed by atoms with Crippen LogP contribution in [-0.2, 0) is 0 Å². The summed E-state index contributed by atoms with van der Waals surface area (Å²) in [6, 6.07) is 16.1. The van der Waals surface area contributed by atoms with Gasteiger partial charge in [0.1, 0.15) is 0 Å². The summed E-state index contributed by atoms with van der Waals surface area (Å²) in [7, 11) is 0. The van der Waals surface area contributed by atoms with Crippen LogP contribution in [0.15, 0.2) is 206 Å². The predicted molar refractivity (Wildman–Crippen MR) is 244 cm³/mol. The summed E-state index contributed by atoms with van der Waals surface area (Å²) >= 11 is 0.943. The predicted octanol–water partition coefficient (Wildman–Crippen LogP) is 15.2. The van der Waals surface area contributed by atoms with Crippen LogP contribution < -0.4 is 0 Å². The summed E-state index contributed by atoms with van der Waals surface area (Å²) in [5.74, 6) is 0. The number of fused-ring (bicyclic) bond motifs is 9. The van der Waals surface area contributed by atoms with Crippen LogP contribution in [-0.4, -0.2) is 9.13 Å². The highest BCUT2D eigenvalue weighted by molar-refractivity contribution is 7.26. The molecule has 12 rings (SSSR count). The average Bonchev–Trinajstić information content (AvgIpc) is 4.07. The lowest BCUT2D eigenvalue weighted by molar-refractivity contribution is 1.18. The van der Waals surface area contributed by atoms with Gasteiger partial charge in [0.25, 0.3) is 0 Å². The number of para-hydroxylation sites is 2. The second kappa shape index (κ2) is 12.7. The SMILES string of the molecule is [2H]c1cc(-n2c3cc([2H])c([2H])c([2H])c3c3c([2H])c(-c4cc([2H])c([2H])c5c4c4cc([2H])c([2H])c([2H])c4n5-c4cccc(-c5ccccc5)c4)c([2H])c([2H])c32)c2sc3c([2H])c([2H])c([2H])c(-c4c([2H])c([2H])cc([2H])c4[2H])c3c2c1. The van der Waals surface area contributed by atoms with Crippen LogP contribution in [0.5, 0.6) is 0 Å². The molecule has 0 bridgehead atoms. The molecule has 0 aliphatic carbocycles. The number of benzene rings is 9. The molecule has 3 heteroatoms. The summed E-state index contributed by atoms with van der Waals surface area (Å²) in [6.45, 7) is 0. The van der Waals surface area contributed by atoms with E-state index in [1.165, 1.54) is 34.9 Å². The normalized spacial score (nSPS) is 16.5. The van der Waals surface area contributed by atoms with Crippen LogP contribution in [0.1, 0.15) is 26.0 Å². The van der Waals surface area contributed by atoms with Gasteiger partial charge in [-0.25, -0.2) is 0 Å². The first-order valence-electron chi connectivity index (χ1n) is 27.4. The number of thiophene rings is 1. The van der Waals surface area contributed by atoms with E-state index in [9.17, 15) is 11.0 Å². The summed E-state index contributed by atoms with van der Waals surface area (Å²) in [4.78, 5) is 0. The molecule has 0 spiro atoms. The van der Waals surface area contributed by atoms with Crippen molar-refractivity contribution in [1.82, 2.24) is 9.13 Å². The van der Waals surface area contributed by atoms with Gasteiger partial charge in [0.15, 0.2) is 0 Å². The van der Waals surface area contributed by atoms with Crippen molar-refractivity contribution in [2.75, 3.05) is 0 Å². The van der Waals surface area contributed by atoms with Crippen LogP contribution in [0, 0.1) is 0 Å². The van der Waals surface area contributed by atoms with Crippen LogP contribution in [0.3, 0.4) is 0 Å². The number of hydrogen-bond donors (Lipinski definition) is 0. The average molecular weight is 762 g/mol. The van der Waals surface area contributed by atoms with Gasteiger partial charge in [0.2, 0.25) is 0 Å². The topological polar surface area (TPSA) is 9.86 Å². The van der Waals surface area contributed by atoms with Crippen LogP contribution in [0.4, 0.5) is 0 Å². The van der Waals surface area contributed by atoms with E-state index in [0.717, 1.165) is 28.5 Å². The molecule has 3 aromatic heterocycles. The van der Waals surface area contributed by atoms with Crippen molar-refractivity contribution >= 4 is 75.1 Å². The first kappa shape index (κ1) is 18.6. The molecule has 0 unspecified atom stereocenters. The molecule has 2 nitrogen and oxygen atoms in total.